The molecule has 1 rings (SSSR count). The van der Waals surface area contributed by atoms with E-state index < -0.39 is 27.2 Å². The molecule has 0 saturated heterocycles. The van der Waals surface area contributed by atoms with Crippen LogP contribution >= 0.6 is 21.2 Å². The highest BCUT2D eigenvalue weighted by atomic mass is 127. The van der Waals surface area contributed by atoms with Crippen molar-refractivity contribution >= 4 is 27.2 Å². The lowest BCUT2D eigenvalue weighted by molar-refractivity contribution is 0.0697. The van der Waals surface area contributed by atoms with E-state index in [0.717, 1.165) is 0 Å². The van der Waals surface area contributed by atoms with E-state index >= 15 is 0 Å². The molecule has 0 atom stereocenters. The number of halogens is 1. The Bertz CT molecular complexity index is 278. The van der Waals surface area contributed by atoms with Gasteiger partial charge in [0.15, 0.2) is 21.2 Å². The average molecular weight is 264 g/mol. The minimum Gasteiger partial charge on any atom is -0.478 e. The van der Waals surface area contributed by atoms with Gasteiger partial charge >= 0.3 is 5.97 Å². The van der Waals surface area contributed by atoms with Crippen molar-refractivity contribution in [1.29, 1.82) is 0 Å². The van der Waals surface area contributed by atoms with Crippen LogP contribution in [0, 0.1) is 3.57 Å². The van der Waals surface area contributed by atoms with E-state index in [2.05, 4.69) is 0 Å². The summed E-state index contributed by atoms with van der Waals surface area (Å²) in [6.45, 7) is 0. The molecule has 1 aromatic carbocycles. The molecule has 0 aliphatic heterocycles. The van der Waals surface area contributed by atoms with Crippen molar-refractivity contribution < 1.29 is 13.0 Å². The summed E-state index contributed by atoms with van der Waals surface area (Å²) in [6.07, 6.45) is 0. The monoisotopic (exact) mass is 264 g/mol. The summed E-state index contributed by atoms with van der Waals surface area (Å²) < 4.78 is 11.1. The Kier molecular flexibility index (Phi) is 2.70. The fourth-order valence-corrected chi connectivity index (χ4v) is 1.30. The average Bonchev–Trinajstić information content (AvgIpc) is 2.05. The third-order valence-electron chi connectivity index (χ3n) is 1.18. The second-order valence-electron chi connectivity index (χ2n) is 1.89. The molecule has 0 aliphatic rings. The molecule has 0 unspecified atom stereocenters. The van der Waals surface area contributed by atoms with Crippen molar-refractivity contribution in [2.45, 2.75) is 0 Å². The summed E-state index contributed by atoms with van der Waals surface area (Å²) in [7, 11) is 0. The standard InChI is InChI=1S/C7H5IO3/c9-7(10)5-1-3-6(8-11)4-2-5/h1-4H,(H,9,10). The van der Waals surface area contributed by atoms with Crippen molar-refractivity contribution in [2.24, 2.45) is 0 Å². The van der Waals surface area contributed by atoms with E-state index in [0.29, 0.717) is 3.57 Å². The highest BCUT2D eigenvalue weighted by molar-refractivity contribution is 14.1. The Balaban J connectivity index is 3.00. The van der Waals surface area contributed by atoms with Crippen LogP contribution in [-0.2, 0) is 3.07 Å². The van der Waals surface area contributed by atoms with Gasteiger partial charge in [-0.1, -0.05) is 0 Å². The number of aromatic carboxylic acids is 1. The molecule has 0 saturated carbocycles. The molecule has 3 nitrogen and oxygen atoms in total. The molecule has 0 fully saturated rings. The first-order valence-electron chi connectivity index (χ1n) is 2.84. The van der Waals surface area contributed by atoms with Gasteiger partial charge in [-0.25, -0.2) is 4.79 Å². The molecule has 11 heavy (non-hydrogen) atoms. The van der Waals surface area contributed by atoms with E-state index in [-0.39, 0.29) is 5.56 Å². The molecule has 0 heterocycles. The van der Waals surface area contributed by atoms with Gasteiger partial charge in [0.05, 0.1) is 5.56 Å². The summed E-state index contributed by atoms with van der Waals surface area (Å²) in [6, 6.07) is 6.05. The maximum Gasteiger partial charge on any atom is 0.335 e. The summed E-state index contributed by atoms with van der Waals surface area (Å²) >= 11 is -1.17. The summed E-state index contributed by atoms with van der Waals surface area (Å²) in [5.74, 6) is -0.958. The zero-order valence-electron chi connectivity index (χ0n) is 5.45. The molecule has 0 spiro atoms. The summed E-state index contributed by atoms with van der Waals surface area (Å²) in [4.78, 5) is 10.3. The predicted octanol–water partition coefficient (Wildman–Crippen LogP) is 1.87. The van der Waals surface area contributed by atoms with Crippen molar-refractivity contribution in [3.05, 3.63) is 33.4 Å². The Hall–Kier alpha value is -0.780. The van der Waals surface area contributed by atoms with Gasteiger partial charge in [0, 0.05) is 3.57 Å². The van der Waals surface area contributed by atoms with Crippen molar-refractivity contribution in [1.82, 2.24) is 0 Å². The van der Waals surface area contributed by atoms with Crippen molar-refractivity contribution in [3.63, 3.8) is 0 Å². The lowest BCUT2D eigenvalue weighted by Crippen LogP contribution is -1.94. The number of carboxylic acid groups (broad SMARTS) is 1. The minimum atomic E-state index is -1.17. The maximum absolute atomic E-state index is 10.4. The fraction of sp³-hybridized carbons (Fsp3) is 0. The summed E-state index contributed by atoms with van der Waals surface area (Å²) in [5.41, 5.74) is 0.228. The molecule has 0 aromatic heterocycles. The Morgan fingerprint density at radius 1 is 1.27 bits per heavy atom. The second kappa shape index (κ2) is 3.56. The van der Waals surface area contributed by atoms with E-state index in [1.54, 1.807) is 12.1 Å². The smallest absolute Gasteiger partial charge is 0.335 e. The molecule has 0 bridgehead atoms. The van der Waals surface area contributed by atoms with Crippen molar-refractivity contribution in [3.8, 4) is 0 Å². The van der Waals surface area contributed by atoms with Crippen molar-refractivity contribution in [2.75, 3.05) is 0 Å². The van der Waals surface area contributed by atoms with Crippen LogP contribution in [0.4, 0.5) is 0 Å². The minimum absolute atomic E-state index is 0.228. The van der Waals surface area contributed by atoms with Gasteiger partial charge in [0.25, 0.3) is 0 Å². The van der Waals surface area contributed by atoms with Crippen LogP contribution in [0.2, 0.25) is 0 Å². The zero-order valence-corrected chi connectivity index (χ0v) is 7.61. The van der Waals surface area contributed by atoms with Gasteiger partial charge in [0.1, 0.15) is 0 Å². The van der Waals surface area contributed by atoms with Crippen LogP contribution < -0.4 is 0 Å². The first kappa shape index (κ1) is 8.32. The summed E-state index contributed by atoms with van der Waals surface area (Å²) in [5, 5.41) is 8.48. The van der Waals surface area contributed by atoms with E-state index in [4.69, 9.17) is 5.11 Å². The predicted molar refractivity (Wildman–Crippen MR) is 46.8 cm³/mol. The fourth-order valence-electron chi connectivity index (χ4n) is 0.644. The number of hydrogen-bond donors (Lipinski definition) is 1. The first-order chi connectivity index (χ1) is 5.24. The first-order valence-corrected chi connectivity index (χ1v) is 4.80. The van der Waals surface area contributed by atoms with Crippen LogP contribution in [0.1, 0.15) is 10.4 Å². The molecule has 0 aliphatic carbocycles. The van der Waals surface area contributed by atoms with Gasteiger partial charge in [-0.15, -0.1) is 0 Å². The van der Waals surface area contributed by atoms with Crippen LogP contribution in [0.5, 0.6) is 0 Å². The quantitative estimate of drug-likeness (QED) is 0.829. The molecule has 0 radical (unpaired) electrons. The van der Waals surface area contributed by atoms with Crippen LogP contribution in [0.3, 0.4) is 0 Å². The second-order valence-corrected chi connectivity index (χ2v) is 3.58. The maximum atomic E-state index is 10.4. The lowest BCUT2D eigenvalue weighted by atomic mass is 10.2. The van der Waals surface area contributed by atoms with Gasteiger partial charge < -0.3 is 5.11 Å². The Labute approximate surface area is 73.7 Å². The molecule has 1 N–H and O–H groups in total. The molecule has 0 amide bonds. The molecule has 1 aromatic rings. The van der Waals surface area contributed by atoms with Crippen LogP contribution in [0.25, 0.3) is 0 Å². The van der Waals surface area contributed by atoms with Gasteiger partial charge in [-0.2, -0.15) is 0 Å². The Morgan fingerprint density at radius 2 is 1.82 bits per heavy atom. The zero-order chi connectivity index (χ0) is 8.27. The molecule has 4 heteroatoms. The number of carbonyl (C=O) groups is 1. The van der Waals surface area contributed by atoms with Crippen LogP contribution in [0.15, 0.2) is 24.3 Å². The van der Waals surface area contributed by atoms with Gasteiger partial charge in [0.2, 0.25) is 0 Å². The number of carboxylic acids is 1. The normalized spacial score (nSPS) is 9.45. The third-order valence-corrected chi connectivity index (χ3v) is 2.41. The van der Waals surface area contributed by atoms with Gasteiger partial charge in [-0.05, 0) is 24.3 Å². The highest BCUT2D eigenvalue weighted by Crippen LogP contribution is 2.10. The Morgan fingerprint density at radius 3 is 2.18 bits per heavy atom. The number of rotatable bonds is 2. The largest absolute Gasteiger partial charge is 0.478 e. The van der Waals surface area contributed by atoms with E-state index in [1.165, 1.54) is 12.1 Å². The molecule has 58 valence electrons. The molecular weight excluding hydrogens is 259 g/mol. The van der Waals surface area contributed by atoms with Gasteiger partial charge in [-0.3, -0.25) is 3.07 Å². The molecular formula is C7H5IO3. The third kappa shape index (κ3) is 2.07. The van der Waals surface area contributed by atoms with E-state index in [1.807, 2.05) is 0 Å². The highest BCUT2D eigenvalue weighted by Gasteiger charge is 2.00. The van der Waals surface area contributed by atoms with E-state index in [9.17, 15) is 7.86 Å². The lowest BCUT2D eigenvalue weighted by Gasteiger charge is -1.91. The number of hydrogen-bond acceptors (Lipinski definition) is 2. The topological polar surface area (TPSA) is 54.4 Å². The SMILES string of the molecule is O=Ic1ccc(C(=O)O)cc1. The van der Waals surface area contributed by atoms with Crippen LogP contribution in [-0.4, -0.2) is 11.1 Å². The number of benzene rings is 1.